The zero-order valence-corrected chi connectivity index (χ0v) is 11.0. The summed E-state index contributed by atoms with van der Waals surface area (Å²) in [4.78, 5) is 0. The minimum absolute atomic E-state index is 0.192. The second-order valence-corrected chi connectivity index (χ2v) is 5.01. The van der Waals surface area contributed by atoms with Gasteiger partial charge in [0.2, 0.25) is 0 Å². The lowest BCUT2D eigenvalue weighted by Crippen LogP contribution is -2.07. The number of halogens is 2. The first-order valence-electron chi connectivity index (χ1n) is 4.81. The van der Waals surface area contributed by atoms with Gasteiger partial charge in [0.15, 0.2) is 5.82 Å². The molecule has 2 aromatic rings. The maximum Gasteiger partial charge on any atom is 0.169 e. The first kappa shape index (κ1) is 11.5. The molecule has 1 unspecified atom stereocenters. The Kier molecular flexibility index (Phi) is 3.56. The molecule has 0 spiro atoms. The molecular formula is C10H10BrClN4. The maximum absolute atomic E-state index is 5.97. The van der Waals surface area contributed by atoms with Gasteiger partial charge in [0.1, 0.15) is 0 Å². The number of alkyl halides is 1. The van der Waals surface area contributed by atoms with Crippen LogP contribution in [-0.2, 0) is 6.54 Å². The zero-order valence-electron chi connectivity index (χ0n) is 8.64. The van der Waals surface area contributed by atoms with Gasteiger partial charge in [-0.15, -0.1) is 16.7 Å². The Labute approximate surface area is 107 Å². The second-order valence-electron chi connectivity index (χ2n) is 3.44. The SMILES string of the molecule is CC(Cl)c1nnnn1Cc1cccc(Br)c1. The monoisotopic (exact) mass is 300 g/mol. The fourth-order valence-electron chi connectivity index (χ4n) is 1.42. The van der Waals surface area contributed by atoms with Crippen LogP contribution >= 0.6 is 27.5 Å². The minimum atomic E-state index is -0.192. The van der Waals surface area contributed by atoms with Crippen LogP contribution < -0.4 is 0 Å². The van der Waals surface area contributed by atoms with Gasteiger partial charge in [-0.2, -0.15) is 0 Å². The molecule has 1 aromatic carbocycles. The van der Waals surface area contributed by atoms with Gasteiger partial charge in [0.05, 0.1) is 11.9 Å². The van der Waals surface area contributed by atoms with Crippen molar-refractivity contribution in [3.63, 3.8) is 0 Å². The molecule has 4 nitrogen and oxygen atoms in total. The summed E-state index contributed by atoms with van der Waals surface area (Å²) >= 11 is 9.40. The Morgan fingerprint density at radius 2 is 2.31 bits per heavy atom. The predicted molar refractivity (Wildman–Crippen MR) is 65.3 cm³/mol. The topological polar surface area (TPSA) is 43.6 Å². The standard InChI is InChI=1S/C10H10BrClN4/c1-7(12)10-13-14-15-16(10)6-8-3-2-4-9(11)5-8/h2-5,7H,6H2,1H3. The van der Waals surface area contributed by atoms with Crippen LogP contribution in [0.3, 0.4) is 0 Å². The second kappa shape index (κ2) is 4.93. The third-order valence-electron chi connectivity index (χ3n) is 2.14. The zero-order chi connectivity index (χ0) is 11.5. The summed E-state index contributed by atoms with van der Waals surface area (Å²) in [6.45, 7) is 2.48. The summed E-state index contributed by atoms with van der Waals surface area (Å²) in [5.41, 5.74) is 1.13. The van der Waals surface area contributed by atoms with Crippen LogP contribution in [-0.4, -0.2) is 20.2 Å². The highest BCUT2D eigenvalue weighted by Gasteiger charge is 2.11. The summed E-state index contributed by atoms with van der Waals surface area (Å²) in [7, 11) is 0. The highest BCUT2D eigenvalue weighted by molar-refractivity contribution is 9.10. The van der Waals surface area contributed by atoms with Crippen molar-refractivity contribution in [1.82, 2.24) is 20.2 Å². The number of hydrogen-bond acceptors (Lipinski definition) is 3. The number of tetrazole rings is 1. The molecular weight excluding hydrogens is 291 g/mol. The summed E-state index contributed by atoms with van der Waals surface area (Å²) in [6.07, 6.45) is 0. The largest absolute Gasteiger partial charge is 0.224 e. The third kappa shape index (κ3) is 2.59. The summed E-state index contributed by atoms with van der Waals surface area (Å²) in [5.74, 6) is 0.682. The van der Waals surface area contributed by atoms with Gasteiger partial charge in [-0.3, -0.25) is 0 Å². The quantitative estimate of drug-likeness (QED) is 0.819. The average Bonchev–Trinajstić information content (AvgIpc) is 2.66. The van der Waals surface area contributed by atoms with E-state index in [1.165, 1.54) is 0 Å². The Hall–Kier alpha value is -0.940. The number of aromatic nitrogens is 4. The van der Waals surface area contributed by atoms with Crippen LogP contribution in [0.15, 0.2) is 28.7 Å². The molecule has 0 aliphatic carbocycles. The van der Waals surface area contributed by atoms with Crippen molar-refractivity contribution < 1.29 is 0 Å². The van der Waals surface area contributed by atoms with E-state index in [1.54, 1.807) is 4.68 Å². The fourth-order valence-corrected chi connectivity index (χ4v) is 2.02. The molecule has 1 atom stereocenters. The van der Waals surface area contributed by atoms with E-state index < -0.39 is 0 Å². The molecule has 0 bridgehead atoms. The van der Waals surface area contributed by atoms with Gasteiger partial charge in [0.25, 0.3) is 0 Å². The van der Waals surface area contributed by atoms with Crippen molar-refractivity contribution in [1.29, 1.82) is 0 Å². The van der Waals surface area contributed by atoms with Gasteiger partial charge in [-0.05, 0) is 35.0 Å². The van der Waals surface area contributed by atoms with E-state index in [-0.39, 0.29) is 5.38 Å². The highest BCUT2D eigenvalue weighted by atomic mass is 79.9. The van der Waals surface area contributed by atoms with E-state index in [2.05, 4.69) is 31.5 Å². The molecule has 0 saturated heterocycles. The van der Waals surface area contributed by atoms with Crippen LogP contribution in [0.1, 0.15) is 23.7 Å². The van der Waals surface area contributed by atoms with E-state index in [0.29, 0.717) is 12.4 Å². The Bertz CT molecular complexity index is 483. The molecule has 0 aliphatic rings. The molecule has 6 heteroatoms. The lowest BCUT2D eigenvalue weighted by atomic mass is 10.2. The van der Waals surface area contributed by atoms with Crippen LogP contribution in [0, 0.1) is 0 Å². The lowest BCUT2D eigenvalue weighted by molar-refractivity contribution is 0.618. The van der Waals surface area contributed by atoms with Gasteiger partial charge >= 0.3 is 0 Å². The average molecular weight is 302 g/mol. The fraction of sp³-hybridized carbons (Fsp3) is 0.300. The molecule has 0 fully saturated rings. The summed E-state index contributed by atoms with van der Waals surface area (Å²) in [5, 5.41) is 11.2. The number of hydrogen-bond donors (Lipinski definition) is 0. The molecule has 84 valence electrons. The molecule has 1 heterocycles. The molecule has 2 rings (SSSR count). The van der Waals surface area contributed by atoms with Gasteiger partial charge in [-0.25, -0.2) is 4.68 Å². The van der Waals surface area contributed by atoms with Gasteiger partial charge in [-0.1, -0.05) is 28.1 Å². The summed E-state index contributed by atoms with van der Waals surface area (Å²) < 4.78 is 2.75. The van der Waals surface area contributed by atoms with Crippen molar-refractivity contribution in [3.8, 4) is 0 Å². The molecule has 16 heavy (non-hydrogen) atoms. The van der Waals surface area contributed by atoms with E-state index in [9.17, 15) is 0 Å². The molecule has 1 aromatic heterocycles. The number of benzene rings is 1. The third-order valence-corrected chi connectivity index (χ3v) is 2.83. The normalized spacial score (nSPS) is 12.7. The van der Waals surface area contributed by atoms with E-state index >= 15 is 0 Å². The highest BCUT2D eigenvalue weighted by Crippen LogP contribution is 2.17. The van der Waals surface area contributed by atoms with Crippen LogP contribution in [0.2, 0.25) is 0 Å². The van der Waals surface area contributed by atoms with E-state index in [1.807, 2.05) is 31.2 Å². The molecule has 0 N–H and O–H groups in total. The molecule has 0 radical (unpaired) electrons. The first-order valence-corrected chi connectivity index (χ1v) is 6.04. The van der Waals surface area contributed by atoms with Crippen molar-refractivity contribution in [2.24, 2.45) is 0 Å². The van der Waals surface area contributed by atoms with Crippen molar-refractivity contribution in [2.45, 2.75) is 18.8 Å². The van der Waals surface area contributed by atoms with Crippen molar-refractivity contribution in [3.05, 3.63) is 40.1 Å². The smallest absolute Gasteiger partial charge is 0.169 e. The van der Waals surface area contributed by atoms with Gasteiger partial charge < -0.3 is 0 Å². The number of nitrogens with zero attached hydrogens (tertiary/aromatic N) is 4. The minimum Gasteiger partial charge on any atom is -0.224 e. The first-order chi connectivity index (χ1) is 7.66. The number of rotatable bonds is 3. The lowest BCUT2D eigenvalue weighted by Gasteiger charge is -2.06. The molecule has 0 aliphatic heterocycles. The predicted octanol–water partition coefficient (Wildman–Crippen LogP) is 2.78. The Balaban J connectivity index is 2.24. The van der Waals surface area contributed by atoms with E-state index in [0.717, 1.165) is 10.0 Å². The van der Waals surface area contributed by atoms with E-state index in [4.69, 9.17) is 11.6 Å². The van der Waals surface area contributed by atoms with Crippen LogP contribution in [0.5, 0.6) is 0 Å². The van der Waals surface area contributed by atoms with Crippen molar-refractivity contribution >= 4 is 27.5 Å². The van der Waals surface area contributed by atoms with Gasteiger partial charge in [0, 0.05) is 4.47 Å². The summed E-state index contributed by atoms with van der Waals surface area (Å²) in [6, 6.07) is 8.02. The van der Waals surface area contributed by atoms with Crippen molar-refractivity contribution in [2.75, 3.05) is 0 Å². The molecule has 0 saturated carbocycles. The Morgan fingerprint density at radius 1 is 1.50 bits per heavy atom. The Morgan fingerprint density at radius 3 is 3.00 bits per heavy atom. The van der Waals surface area contributed by atoms with Crippen LogP contribution in [0.4, 0.5) is 0 Å². The molecule has 0 amide bonds. The maximum atomic E-state index is 5.97. The van der Waals surface area contributed by atoms with Crippen LogP contribution in [0.25, 0.3) is 0 Å².